The second-order valence-electron chi connectivity index (χ2n) is 3.55. The lowest BCUT2D eigenvalue weighted by atomic mass is 10.3. The van der Waals surface area contributed by atoms with E-state index in [0.29, 0.717) is 5.95 Å². The molecular formula is C10H15N5. The van der Waals surface area contributed by atoms with E-state index in [-0.39, 0.29) is 0 Å². The molecule has 0 aromatic carbocycles. The molecule has 5 heteroatoms. The van der Waals surface area contributed by atoms with Crippen LogP contribution in [0.25, 0.3) is 0 Å². The summed E-state index contributed by atoms with van der Waals surface area (Å²) >= 11 is 0. The number of imidazole rings is 1. The summed E-state index contributed by atoms with van der Waals surface area (Å²) < 4.78 is 3.87. The number of hydrogen-bond acceptors (Lipinski definition) is 3. The van der Waals surface area contributed by atoms with E-state index < -0.39 is 0 Å². The SMILES string of the molecule is CCn1cc(Cn2c(C)cnc2N)cn1. The van der Waals surface area contributed by atoms with Crippen molar-refractivity contribution in [3.8, 4) is 0 Å². The molecule has 0 saturated heterocycles. The van der Waals surface area contributed by atoms with Gasteiger partial charge in [-0.05, 0) is 13.8 Å². The molecule has 0 aliphatic carbocycles. The zero-order valence-electron chi connectivity index (χ0n) is 9.01. The highest BCUT2D eigenvalue weighted by Gasteiger charge is 2.05. The Balaban J connectivity index is 2.21. The zero-order valence-corrected chi connectivity index (χ0v) is 9.01. The fraction of sp³-hybridized carbons (Fsp3) is 0.400. The monoisotopic (exact) mass is 205 g/mol. The Bertz CT molecular complexity index is 435. The van der Waals surface area contributed by atoms with E-state index in [1.165, 1.54) is 0 Å². The van der Waals surface area contributed by atoms with Gasteiger partial charge in [-0.3, -0.25) is 4.68 Å². The predicted octanol–water partition coefficient (Wildman–Crippen LogP) is 1.04. The van der Waals surface area contributed by atoms with E-state index in [1.54, 1.807) is 6.20 Å². The van der Waals surface area contributed by atoms with Crippen molar-refractivity contribution >= 4 is 5.95 Å². The molecule has 0 aliphatic rings. The minimum Gasteiger partial charge on any atom is -0.369 e. The summed E-state index contributed by atoms with van der Waals surface area (Å²) in [5.74, 6) is 0.553. The van der Waals surface area contributed by atoms with Crippen molar-refractivity contribution in [3.05, 3.63) is 29.8 Å². The summed E-state index contributed by atoms with van der Waals surface area (Å²) in [6.07, 6.45) is 5.67. The maximum Gasteiger partial charge on any atom is 0.200 e. The number of aryl methyl sites for hydroxylation is 2. The number of nitrogens with zero attached hydrogens (tertiary/aromatic N) is 4. The first-order chi connectivity index (χ1) is 7.20. The summed E-state index contributed by atoms with van der Waals surface area (Å²) in [4.78, 5) is 4.05. The molecule has 2 heterocycles. The van der Waals surface area contributed by atoms with Crippen LogP contribution in [-0.2, 0) is 13.1 Å². The summed E-state index contributed by atoms with van der Waals surface area (Å²) in [5.41, 5.74) is 7.96. The first-order valence-corrected chi connectivity index (χ1v) is 4.99. The maximum atomic E-state index is 5.75. The second kappa shape index (κ2) is 3.76. The van der Waals surface area contributed by atoms with Crippen molar-refractivity contribution in [1.82, 2.24) is 19.3 Å². The number of nitrogen functional groups attached to an aromatic ring is 1. The van der Waals surface area contributed by atoms with Crippen LogP contribution in [0.4, 0.5) is 5.95 Å². The topological polar surface area (TPSA) is 61.7 Å². The van der Waals surface area contributed by atoms with Crippen LogP contribution in [0.1, 0.15) is 18.2 Å². The average Bonchev–Trinajstić information content (AvgIpc) is 2.80. The van der Waals surface area contributed by atoms with E-state index in [2.05, 4.69) is 17.0 Å². The Kier molecular flexibility index (Phi) is 2.45. The Labute approximate surface area is 88.5 Å². The zero-order chi connectivity index (χ0) is 10.8. The third kappa shape index (κ3) is 1.86. The van der Waals surface area contributed by atoms with Gasteiger partial charge in [0.2, 0.25) is 5.95 Å². The van der Waals surface area contributed by atoms with Crippen LogP contribution in [0.15, 0.2) is 18.6 Å². The lowest BCUT2D eigenvalue weighted by molar-refractivity contribution is 0.658. The van der Waals surface area contributed by atoms with Gasteiger partial charge in [-0.15, -0.1) is 0 Å². The minimum atomic E-state index is 0.553. The van der Waals surface area contributed by atoms with Crippen LogP contribution in [0.3, 0.4) is 0 Å². The van der Waals surface area contributed by atoms with Crippen LogP contribution in [0.2, 0.25) is 0 Å². The highest BCUT2D eigenvalue weighted by Crippen LogP contribution is 2.09. The quantitative estimate of drug-likeness (QED) is 0.814. The van der Waals surface area contributed by atoms with Crippen LogP contribution in [0, 0.1) is 6.92 Å². The number of aromatic nitrogens is 4. The van der Waals surface area contributed by atoms with Gasteiger partial charge in [0.05, 0.1) is 18.9 Å². The molecule has 2 aromatic rings. The molecule has 0 atom stereocenters. The number of anilines is 1. The molecule has 0 saturated carbocycles. The van der Waals surface area contributed by atoms with Gasteiger partial charge in [0.1, 0.15) is 0 Å². The van der Waals surface area contributed by atoms with Crippen LogP contribution >= 0.6 is 0 Å². The fourth-order valence-corrected chi connectivity index (χ4v) is 1.53. The van der Waals surface area contributed by atoms with Crippen molar-refractivity contribution in [2.75, 3.05) is 5.73 Å². The average molecular weight is 205 g/mol. The highest BCUT2D eigenvalue weighted by molar-refractivity contribution is 5.24. The van der Waals surface area contributed by atoms with Crippen LogP contribution in [0.5, 0.6) is 0 Å². The first-order valence-electron chi connectivity index (χ1n) is 4.99. The smallest absolute Gasteiger partial charge is 0.200 e. The molecule has 80 valence electrons. The van der Waals surface area contributed by atoms with E-state index in [4.69, 9.17) is 5.73 Å². The molecule has 15 heavy (non-hydrogen) atoms. The number of hydrogen-bond donors (Lipinski definition) is 1. The summed E-state index contributed by atoms with van der Waals surface area (Å²) in [5, 5.41) is 4.22. The van der Waals surface area contributed by atoms with Gasteiger partial charge in [-0.2, -0.15) is 5.10 Å². The molecule has 2 rings (SSSR count). The largest absolute Gasteiger partial charge is 0.369 e. The standard InChI is InChI=1S/C10H15N5/c1-3-14-6-9(5-13-14)7-15-8(2)4-12-10(15)11/h4-6H,3,7H2,1-2H3,(H2,11,12). The van der Waals surface area contributed by atoms with Crippen molar-refractivity contribution in [3.63, 3.8) is 0 Å². The van der Waals surface area contributed by atoms with Crippen LogP contribution < -0.4 is 5.73 Å². The Morgan fingerprint density at radius 3 is 2.73 bits per heavy atom. The van der Waals surface area contributed by atoms with Gasteiger partial charge in [0.15, 0.2) is 0 Å². The van der Waals surface area contributed by atoms with Gasteiger partial charge < -0.3 is 10.3 Å². The molecule has 0 aliphatic heterocycles. The number of rotatable bonds is 3. The van der Waals surface area contributed by atoms with E-state index in [9.17, 15) is 0 Å². The molecule has 2 N–H and O–H groups in total. The van der Waals surface area contributed by atoms with E-state index in [1.807, 2.05) is 28.6 Å². The van der Waals surface area contributed by atoms with Gasteiger partial charge in [0.25, 0.3) is 0 Å². The normalized spacial score (nSPS) is 10.8. The molecule has 0 bridgehead atoms. The molecule has 5 nitrogen and oxygen atoms in total. The molecule has 0 amide bonds. The summed E-state index contributed by atoms with van der Waals surface area (Å²) in [6, 6.07) is 0. The molecule has 0 fully saturated rings. The minimum absolute atomic E-state index is 0.553. The predicted molar refractivity (Wildman–Crippen MR) is 58.4 cm³/mol. The first kappa shape index (κ1) is 9.76. The highest BCUT2D eigenvalue weighted by atomic mass is 15.3. The lowest BCUT2D eigenvalue weighted by Crippen LogP contribution is -2.05. The molecule has 2 aromatic heterocycles. The van der Waals surface area contributed by atoms with E-state index in [0.717, 1.165) is 24.3 Å². The molecule has 0 radical (unpaired) electrons. The van der Waals surface area contributed by atoms with Gasteiger partial charge in [-0.25, -0.2) is 4.98 Å². The summed E-state index contributed by atoms with van der Waals surface area (Å²) in [6.45, 7) is 5.68. The van der Waals surface area contributed by atoms with Gasteiger partial charge in [-0.1, -0.05) is 0 Å². The third-order valence-corrected chi connectivity index (χ3v) is 2.44. The third-order valence-electron chi connectivity index (χ3n) is 2.44. The Morgan fingerprint density at radius 2 is 2.20 bits per heavy atom. The van der Waals surface area contributed by atoms with Crippen molar-refractivity contribution in [2.24, 2.45) is 0 Å². The molecule has 0 spiro atoms. The Morgan fingerprint density at radius 1 is 1.40 bits per heavy atom. The van der Waals surface area contributed by atoms with Crippen molar-refractivity contribution in [1.29, 1.82) is 0 Å². The molecule has 0 unspecified atom stereocenters. The van der Waals surface area contributed by atoms with Gasteiger partial charge in [0, 0.05) is 24.0 Å². The van der Waals surface area contributed by atoms with Crippen molar-refractivity contribution in [2.45, 2.75) is 26.9 Å². The van der Waals surface area contributed by atoms with Crippen LogP contribution in [-0.4, -0.2) is 19.3 Å². The second-order valence-corrected chi connectivity index (χ2v) is 3.55. The van der Waals surface area contributed by atoms with Crippen molar-refractivity contribution < 1.29 is 0 Å². The summed E-state index contributed by atoms with van der Waals surface area (Å²) in [7, 11) is 0. The fourth-order valence-electron chi connectivity index (χ4n) is 1.53. The van der Waals surface area contributed by atoms with Gasteiger partial charge >= 0.3 is 0 Å². The molecular weight excluding hydrogens is 190 g/mol. The lowest BCUT2D eigenvalue weighted by Gasteiger charge is -2.04. The van der Waals surface area contributed by atoms with E-state index >= 15 is 0 Å². The number of nitrogens with two attached hydrogens (primary N) is 1. The Hall–Kier alpha value is -1.78. The maximum absolute atomic E-state index is 5.75.